The molecule has 5 rings (SSSR count). The lowest BCUT2D eigenvalue weighted by atomic mass is 9.95. The number of pyridine rings is 1. The van der Waals surface area contributed by atoms with Crippen LogP contribution in [-0.2, 0) is 11.2 Å². The minimum atomic E-state index is 0.256. The third-order valence-corrected chi connectivity index (χ3v) is 5.07. The lowest BCUT2D eigenvalue weighted by Crippen LogP contribution is -2.20. The van der Waals surface area contributed by atoms with Gasteiger partial charge in [0, 0.05) is 36.3 Å². The highest BCUT2D eigenvalue weighted by Gasteiger charge is 2.31. The molecule has 0 unspecified atom stereocenters. The molecule has 1 fully saturated rings. The van der Waals surface area contributed by atoms with E-state index < -0.39 is 0 Å². The number of rotatable bonds is 4. The van der Waals surface area contributed by atoms with Gasteiger partial charge in [0.05, 0.1) is 19.3 Å². The van der Waals surface area contributed by atoms with E-state index in [-0.39, 0.29) is 12.8 Å². The van der Waals surface area contributed by atoms with Crippen molar-refractivity contribution in [3.8, 4) is 22.9 Å². The van der Waals surface area contributed by atoms with Gasteiger partial charge in [0.15, 0.2) is 11.5 Å². The predicted octanol–water partition coefficient (Wildman–Crippen LogP) is 3.10. The topological polar surface area (TPSA) is 58.4 Å². The minimum absolute atomic E-state index is 0.256. The van der Waals surface area contributed by atoms with Crippen molar-refractivity contribution in [3.63, 3.8) is 0 Å². The van der Waals surface area contributed by atoms with E-state index in [4.69, 9.17) is 14.2 Å². The van der Waals surface area contributed by atoms with Crippen molar-refractivity contribution in [2.45, 2.75) is 12.5 Å². The Bertz CT molecular complexity index is 910. The molecule has 4 heterocycles. The molecule has 0 aliphatic carbocycles. The number of imidazole rings is 1. The van der Waals surface area contributed by atoms with Gasteiger partial charge >= 0.3 is 0 Å². The molecule has 1 saturated heterocycles. The lowest BCUT2D eigenvalue weighted by Gasteiger charge is -2.21. The maximum atomic E-state index is 5.82. The second-order valence-corrected chi connectivity index (χ2v) is 6.65. The summed E-state index contributed by atoms with van der Waals surface area (Å²) >= 11 is 0. The van der Waals surface area contributed by atoms with Crippen molar-refractivity contribution >= 4 is 0 Å². The number of ether oxygens (including phenoxy) is 3. The Balaban J connectivity index is 1.44. The van der Waals surface area contributed by atoms with Gasteiger partial charge in [-0.15, -0.1) is 0 Å². The summed E-state index contributed by atoms with van der Waals surface area (Å²) in [5.74, 6) is 2.89. The third kappa shape index (κ3) is 2.72. The average Bonchev–Trinajstić information content (AvgIpc) is 3.41. The van der Waals surface area contributed by atoms with Crippen LogP contribution in [0.15, 0.2) is 55.1 Å². The van der Waals surface area contributed by atoms with Crippen molar-refractivity contribution in [1.82, 2.24) is 14.5 Å². The molecule has 0 bridgehead atoms. The van der Waals surface area contributed by atoms with Gasteiger partial charge in [-0.1, -0.05) is 0 Å². The number of fused-ring (bicyclic) bond motifs is 1. The maximum Gasteiger partial charge on any atom is 0.231 e. The van der Waals surface area contributed by atoms with E-state index in [9.17, 15) is 0 Å². The van der Waals surface area contributed by atoms with Crippen molar-refractivity contribution in [3.05, 3.63) is 60.7 Å². The Hall–Kier alpha value is -2.86. The first kappa shape index (κ1) is 15.4. The highest BCUT2D eigenvalue weighted by molar-refractivity contribution is 5.62. The Morgan fingerprint density at radius 1 is 1.00 bits per heavy atom. The monoisotopic (exact) mass is 349 g/mol. The van der Waals surface area contributed by atoms with E-state index in [1.807, 2.05) is 43.0 Å². The zero-order chi connectivity index (χ0) is 17.3. The molecule has 26 heavy (non-hydrogen) atoms. The van der Waals surface area contributed by atoms with Crippen LogP contribution in [0.5, 0.6) is 11.5 Å². The van der Waals surface area contributed by atoms with Crippen LogP contribution in [0.1, 0.15) is 11.6 Å². The molecule has 1 aromatic carbocycles. The summed E-state index contributed by atoms with van der Waals surface area (Å²) in [7, 11) is 0. The fourth-order valence-electron chi connectivity index (χ4n) is 3.75. The minimum Gasteiger partial charge on any atom is -0.454 e. The first-order chi connectivity index (χ1) is 12.9. The molecule has 6 nitrogen and oxygen atoms in total. The van der Waals surface area contributed by atoms with E-state index in [0.29, 0.717) is 12.5 Å². The molecule has 3 aromatic rings. The smallest absolute Gasteiger partial charge is 0.231 e. The van der Waals surface area contributed by atoms with E-state index in [1.54, 1.807) is 0 Å². The van der Waals surface area contributed by atoms with Gasteiger partial charge in [-0.05, 0) is 42.3 Å². The molecule has 0 radical (unpaired) electrons. The van der Waals surface area contributed by atoms with Crippen molar-refractivity contribution < 1.29 is 14.2 Å². The second kappa shape index (κ2) is 6.46. The molecule has 2 atom stereocenters. The number of hydrogen-bond donors (Lipinski definition) is 0. The summed E-state index contributed by atoms with van der Waals surface area (Å²) in [5.41, 5.74) is 2.30. The molecule has 0 saturated carbocycles. The molecule has 6 heteroatoms. The van der Waals surface area contributed by atoms with Crippen LogP contribution < -0.4 is 9.47 Å². The van der Waals surface area contributed by atoms with Crippen LogP contribution >= 0.6 is 0 Å². The number of nitrogens with zero attached hydrogens (tertiary/aromatic N) is 3. The van der Waals surface area contributed by atoms with Gasteiger partial charge in [0.2, 0.25) is 6.79 Å². The van der Waals surface area contributed by atoms with Gasteiger partial charge in [0.1, 0.15) is 5.82 Å². The quantitative estimate of drug-likeness (QED) is 0.724. The SMILES string of the molecule is c1cc(C[C@H]2COC[C@H]2n2ccnc2-c2ccc3c(c2)OCO3)ccn1. The van der Waals surface area contributed by atoms with E-state index in [2.05, 4.69) is 26.7 Å². The van der Waals surface area contributed by atoms with Gasteiger partial charge in [0.25, 0.3) is 0 Å². The summed E-state index contributed by atoms with van der Waals surface area (Å²) in [4.78, 5) is 8.70. The fourth-order valence-corrected chi connectivity index (χ4v) is 3.75. The van der Waals surface area contributed by atoms with Gasteiger partial charge < -0.3 is 18.8 Å². The lowest BCUT2D eigenvalue weighted by molar-refractivity contribution is 0.174. The largest absolute Gasteiger partial charge is 0.454 e. The normalized spacial score (nSPS) is 21.2. The van der Waals surface area contributed by atoms with Crippen LogP contribution in [0.2, 0.25) is 0 Å². The summed E-state index contributed by atoms with van der Waals surface area (Å²) in [6, 6.07) is 10.4. The zero-order valence-electron chi connectivity index (χ0n) is 14.2. The zero-order valence-corrected chi connectivity index (χ0v) is 14.2. The first-order valence-electron chi connectivity index (χ1n) is 8.78. The Morgan fingerprint density at radius 2 is 1.88 bits per heavy atom. The summed E-state index contributed by atoms with van der Waals surface area (Å²) in [5, 5.41) is 0. The predicted molar refractivity (Wildman–Crippen MR) is 95.1 cm³/mol. The Labute approximate surface area is 151 Å². The molecule has 0 amide bonds. The van der Waals surface area contributed by atoms with Crippen molar-refractivity contribution in [1.29, 1.82) is 0 Å². The number of hydrogen-bond acceptors (Lipinski definition) is 5. The Morgan fingerprint density at radius 3 is 2.81 bits per heavy atom. The molecular weight excluding hydrogens is 330 g/mol. The molecule has 132 valence electrons. The third-order valence-electron chi connectivity index (χ3n) is 5.07. The maximum absolute atomic E-state index is 5.82. The number of aromatic nitrogens is 3. The second-order valence-electron chi connectivity index (χ2n) is 6.65. The fraction of sp³-hybridized carbons (Fsp3) is 0.300. The van der Waals surface area contributed by atoms with Crippen LogP contribution in [0.4, 0.5) is 0 Å². The van der Waals surface area contributed by atoms with E-state index >= 15 is 0 Å². The number of benzene rings is 1. The van der Waals surface area contributed by atoms with E-state index in [0.717, 1.165) is 35.9 Å². The van der Waals surface area contributed by atoms with Crippen LogP contribution in [-0.4, -0.2) is 34.5 Å². The van der Waals surface area contributed by atoms with Crippen molar-refractivity contribution in [2.24, 2.45) is 5.92 Å². The Kier molecular flexibility index (Phi) is 3.83. The van der Waals surface area contributed by atoms with Gasteiger partial charge in [-0.2, -0.15) is 0 Å². The van der Waals surface area contributed by atoms with Crippen molar-refractivity contribution in [2.75, 3.05) is 20.0 Å². The highest BCUT2D eigenvalue weighted by Crippen LogP contribution is 2.37. The first-order valence-corrected chi connectivity index (χ1v) is 8.78. The summed E-state index contributed by atoms with van der Waals surface area (Å²) < 4.78 is 19.0. The summed E-state index contributed by atoms with van der Waals surface area (Å²) in [6.07, 6.45) is 8.54. The molecule has 0 N–H and O–H groups in total. The standard InChI is InChI=1S/C20H19N3O3/c1-2-18-19(26-13-25-18)10-15(1)20-22-7-8-23(20)17-12-24-11-16(17)9-14-3-5-21-6-4-14/h1-8,10,16-17H,9,11-13H2/t16-,17+/m0/s1. The van der Waals surface area contributed by atoms with Crippen LogP contribution in [0, 0.1) is 5.92 Å². The average molecular weight is 349 g/mol. The molecule has 2 aliphatic heterocycles. The summed E-state index contributed by atoms with van der Waals surface area (Å²) in [6.45, 7) is 1.73. The van der Waals surface area contributed by atoms with Crippen LogP contribution in [0.3, 0.4) is 0 Å². The molecule has 2 aliphatic rings. The van der Waals surface area contributed by atoms with Crippen LogP contribution in [0.25, 0.3) is 11.4 Å². The molecule has 0 spiro atoms. The molecule has 2 aromatic heterocycles. The van der Waals surface area contributed by atoms with Gasteiger partial charge in [-0.25, -0.2) is 4.98 Å². The highest BCUT2D eigenvalue weighted by atomic mass is 16.7. The van der Waals surface area contributed by atoms with Gasteiger partial charge in [-0.3, -0.25) is 4.98 Å². The van der Waals surface area contributed by atoms with E-state index in [1.165, 1.54) is 5.56 Å². The molecular formula is C20H19N3O3.